The van der Waals surface area contributed by atoms with Gasteiger partial charge >= 0.3 is 6.09 Å². The molecule has 2 N–H and O–H groups in total. The van der Waals surface area contributed by atoms with Gasteiger partial charge in [0.15, 0.2) is 0 Å². The highest BCUT2D eigenvalue weighted by Gasteiger charge is 2.20. The van der Waals surface area contributed by atoms with Crippen molar-refractivity contribution in [2.75, 3.05) is 19.6 Å². The summed E-state index contributed by atoms with van der Waals surface area (Å²) < 4.78 is 4.96. The van der Waals surface area contributed by atoms with Gasteiger partial charge in [0.2, 0.25) is 0 Å². The zero-order valence-corrected chi connectivity index (χ0v) is 8.87. The summed E-state index contributed by atoms with van der Waals surface area (Å²) in [6.45, 7) is 5.42. The molecule has 1 amide bonds. The number of carbonyl (C=O) groups excluding carboxylic acids is 1. The third-order valence-corrected chi connectivity index (χ3v) is 2.65. The van der Waals surface area contributed by atoms with Gasteiger partial charge in [0, 0.05) is 13.1 Å². The van der Waals surface area contributed by atoms with Gasteiger partial charge in [-0.25, -0.2) is 4.79 Å². The van der Waals surface area contributed by atoms with Crippen LogP contribution in [0.4, 0.5) is 4.79 Å². The Hall–Kier alpha value is -0.770. The maximum Gasteiger partial charge on any atom is 0.404 e. The Morgan fingerprint density at radius 1 is 1.50 bits per heavy atom. The lowest BCUT2D eigenvalue weighted by Gasteiger charge is -2.31. The molecule has 82 valence electrons. The van der Waals surface area contributed by atoms with Gasteiger partial charge in [0.1, 0.15) is 6.10 Å². The van der Waals surface area contributed by atoms with Crippen molar-refractivity contribution in [2.24, 2.45) is 5.73 Å². The van der Waals surface area contributed by atoms with Crippen molar-refractivity contribution >= 4 is 6.09 Å². The number of rotatable bonds is 4. The number of nitrogens with zero attached hydrogens (tertiary/aromatic N) is 1. The SMILES string of the molecule is CCCCN1CCC(OC(N)=O)CC1. The first kappa shape index (κ1) is 11.3. The third-order valence-electron chi connectivity index (χ3n) is 2.65. The predicted octanol–water partition coefficient (Wildman–Crippen LogP) is 1.35. The van der Waals surface area contributed by atoms with Crippen molar-refractivity contribution in [1.29, 1.82) is 0 Å². The molecule has 4 heteroatoms. The molecule has 0 spiro atoms. The molecule has 14 heavy (non-hydrogen) atoms. The number of piperidine rings is 1. The Labute approximate surface area is 85.4 Å². The standard InChI is InChI=1S/C10H20N2O2/c1-2-3-6-12-7-4-9(5-8-12)14-10(11)13/h9H,2-8H2,1H3,(H2,11,13). The summed E-state index contributed by atoms with van der Waals surface area (Å²) in [6, 6.07) is 0. The molecule has 0 aliphatic carbocycles. The second-order valence-electron chi connectivity index (χ2n) is 3.83. The van der Waals surface area contributed by atoms with Crippen molar-refractivity contribution in [3.63, 3.8) is 0 Å². The van der Waals surface area contributed by atoms with E-state index in [-0.39, 0.29) is 6.10 Å². The Morgan fingerprint density at radius 2 is 2.14 bits per heavy atom. The molecule has 1 aliphatic heterocycles. The molecule has 0 bridgehead atoms. The Bertz CT molecular complexity index is 177. The lowest BCUT2D eigenvalue weighted by molar-refractivity contribution is 0.0560. The summed E-state index contributed by atoms with van der Waals surface area (Å²) in [7, 11) is 0. The minimum Gasteiger partial charge on any atom is -0.446 e. The molecule has 0 aromatic heterocycles. The monoisotopic (exact) mass is 200 g/mol. The summed E-state index contributed by atoms with van der Waals surface area (Å²) in [5.41, 5.74) is 4.96. The molecule has 0 saturated carbocycles. The van der Waals surface area contributed by atoms with E-state index in [4.69, 9.17) is 10.5 Å². The van der Waals surface area contributed by atoms with Gasteiger partial charge in [-0.05, 0) is 25.8 Å². The van der Waals surface area contributed by atoms with Crippen LogP contribution in [-0.2, 0) is 4.74 Å². The quantitative estimate of drug-likeness (QED) is 0.745. The van der Waals surface area contributed by atoms with Crippen molar-refractivity contribution in [3.05, 3.63) is 0 Å². The van der Waals surface area contributed by atoms with Crippen molar-refractivity contribution in [1.82, 2.24) is 4.90 Å². The number of primary amides is 1. The van der Waals surface area contributed by atoms with E-state index in [1.165, 1.54) is 19.4 Å². The number of carbonyl (C=O) groups is 1. The summed E-state index contributed by atoms with van der Waals surface area (Å²) in [5, 5.41) is 0. The van der Waals surface area contributed by atoms with E-state index in [9.17, 15) is 4.79 Å². The van der Waals surface area contributed by atoms with Crippen LogP contribution in [0.2, 0.25) is 0 Å². The van der Waals surface area contributed by atoms with E-state index >= 15 is 0 Å². The summed E-state index contributed by atoms with van der Waals surface area (Å²) in [5.74, 6) is 0. The van der Waals surface area contributed by atoms with Crippen molar-refractivity contribution in [3.8, 4) is 0 Å². The fourth-order valence-corrected chi connectivity index (χ4v) is 1.80. The lowest BCUT2D eigenvalue weighted by atomic mass is 10.1. The number of hydrogen-bond donors (Lipinski definition) is 1. The maximum atomic E-state index is 10.5. The van der Waals surface area contributed by atoms with Gasteiger partial charge in [0.25, 0.3) is 0 Å². The van der Waals surface area contributed by atoms with E-state index in [0.29, 0.717) is 0 Å². The Balaban J connectivity index is 2.14. The summed E-state index contributed by atoms with van der Waals surface area (Å²) in [6.07, 6.45) is 3.74. The molecular formula is C10H20N2O2. The number of amides is 1. The van der Waals surface area contributed by atoms with Crippen LogP contribution in [0.25, 0.3) is 0 Å². The Kier molecular flexibility index (Phi) is 4.73. The molecule has 0 aromatic carbocycles. The van der Waals surface area contributed by atoms with E-state index in [1.807, 2.05) is 0 Å². The summed E-state index contributed by atoms with van der Waals surface area (Å²) in [4.78, 5) is 12.9. The average Bonchev–Trinajstić information content (AvgIpc) is 2.16. The number of ether oxygens (including phenoxy) is 1. The van der Waals surface area contributed by atoms with Gasteiger partial charge in [-0.1, -0.05) is 13.3 Å². The molecule has 0 radical (unpaired) electrons. The van der Waals surface area contributed by atoms with E-state index in [0.717, 1.165) is 25.9 Å². The first-order valence-corrected chi connectivity index (χ1v) is 5.40. The fraction of sp³-hybridized carbons (Fsp3) is 0.900. The molecule has 1 rings (SSSR count). The van der Waals surface area contributed by atoms with Crippen molar-refractivity contribution < 1.29 is 9.53 Å². The lowest BCUT2D eigenvalue weighted by Crippen LogP contribution is -2.39. The van der Waals surface area contributed by atoms with Gasteiger partial charge in [-0.15, -0.1) is 0 Å². The normalized spacial score (nSPS) is 19.5. The van der Waals surface area contributed by atoms with Crippen molar-refractivity contribution in [2.45, 2.75) is 38.7 Å². The zero-order chi connectivity index (χ0) is 10.4. The number of hydrogen-bond acceptors (Lipinski definition) is 3. The van der Waals surface area contributed by atoms with Gasteiger partial charge in [-0.2, -0.15) is 0 Å². The fourth-order valence-electron chi connectivity index (χ4n) is 1.80. The molecule has 0 aromatic rings. The Morgan fingerprint density at radius 3 is 2.64 bits per heavy atom. The average molecular weight is 200 g/mol. The molecule has 0 unspecified atom stereocenters. The molecule has 0 atom stereocenters. The number of unbranched alkanes of at least 4 members (excludes halogenated alkanes) is 1. The van der Waals surface area contributed by atoms with E-state index < -0.39 is 6.09 Å². The molecule has 1 saturated heterocycles. The van der Waals surface area contributed by atoms with Crippen LogP contribution in [-0.4, -0.2) is 36.7 Å². The highest BCUT2D eigenvalue weighted by atomic mass is 16.6. The topological polar surface area (TPSA) is 55.6 Å². The highest BCUT2D eigenvalue weighted by molar-refractivity contribution is 5.64. The second-order valence-corrected chi connectivity index (χ2v) is 3.83. The largest absolute Gasteiger partial charge is 0.446 e. The van der Waals surface area contributed by atoms with Crippen LogP contribution in [0, 0.1) is 0 Å². The van der Waals surface area contributed by atoms with Gasteiger partial charge in [-0.3, -0.25) is 0 Å². The molecular weight excluding hydrogens is 180 g/mol. The van der Waals surface area contributed by atoms with Gasteiger partial charge in [0.05, 0.1) is 0 Å². The maximum absolute atomic E-state index is 10.5. The smallest absolute Gasteiger partial charge is 0.404 e. The van der Waals surface area contributed by atoms with Crippen LogP contribution >= 0.6 is 0 Å². The van der Waals surface area contributed by atoms with Crippen LogP contribution in [0.15, 0.2) is 0 Å². The van der Waals surface area contributed by atoms with Crippen LogP contribution in [0.1, 0.15) is 32.6 Å². The van der Waals surface area contributed by atoms with Crippen LogP contribution in [0.3, 0.4) is 0 Å². The second kappa shape index (κ2) is 5.86. The first-order valence-electron chi connectivity index (χ1n) is 5.40. The molecule has 1 fully saturated rings. The van der Waals surface area contributed by atoms with Gasteiger partial charge < -0.3 is 15.4 Å². The minimum absolute atomic E-state index is 0.0466. The van der Waals surface area contributed by atoms with Crippen LogP contribution < -0.4 is 5.73 Å². The third kappa shape index (κ3) is 3.96. The molecule has 1 heterocycles. The highest BCUT2D eigenvalue weighted by Crippen LogP contribution is 2.13. The van der Waals surface area contributed by atoms with E-state index in [1.54, 1.807) is 0 Å². The molecule has 4 nitrogen and oxygen atoms in total. The predicted molar refractivity (Wildman–Crippen MR) is 55.0 cm³/mol. The van der Waals surface area contributed by atoms with E-state index in [2.05, 4.69) is 11.8 Å². The number of likely N-dealkylation sites (tertiary alicyclic amines) is 1. The molecule has 1 aliphatic rings. The minimum atomic E-state index is -0.642. The summed E-state index contributed by atoms with van der Waals surface area (Å²) >= 11 is 0. The van der Waals surface area contributed by atoms with Crippen LogP contribution in [0.5, 0.6) is 0 Å². The zero-order valence-electron chi connectivity index (χ0n) is 8.87. The number of nitrogens with two attached hydrogens (primary N) is 1. The first-order chi connectivity index (χ1) is 6.72.